The van der Waals surface area contributed by atoms with E-state index in [1.807, 2.05) is 28.8 Å². The van der Waals surface area contributed by atoms with Gasteiger partial charge in [0.15, 0.2) is 11.0 Å². The van der Waals surface area contributed by atoms with Crippen molar-refractivity contribution in [2.24, 2.45) is 5.10 Å². The number of thioether (sulfide) groups is 1. The number of carbonyl (C=O) groups is 1. The first-order valence-corrected chi connectivity index (χ1v) is 11.4. The number of benzene rings is 3. The minimum absolute atomic E-state index is 0.0484. The number of rotatable bonds is 7. The van der Waals surface area contributed by atoms with Gasteiger partial charge >= 0.3 is 0 Å². The summed E-state index contributed by atoms with van der Waals surface area (Å²) >= 11 is 13.3. The van der Waals surface area contributed by atoms with Crippen LogP contribution in [-0.2, 0) is 4.79 Å². The molecule has 0 aliphatic carbocycles. The Kier molecular flexibility index (Phi) is 7.39. The summed E-state index contributed by atoms with van der Waals surface area (Å²) in [4.78, 5) is 12.3. The molecule has 0 atom stereocenters. The number of carbonyl (C=O) groups excluding carboxylic acids is 1. The number of aromatic nitrogens is 3. The van der Waals surface area contributed by atoms with Gasteiger partial charge in [-0.2, -0.15) is 5.10 Å². The first-order valence-electron chi connectivity index (χ1n) is 9.67. The first-order chi connectivity index (χ1) is 16.0. The standard InChI is InChI=1S/C23H16Cl2FN5OS/c24-17-6-4-16(5-7-17)22-29-30-23(31(22)20-10-8-18(25)9-11-20)33-14-21(32)28-27-13-15-2-1-3-19(26)12-15/h1-13H,14H2,(H,28,32)/b27-13-. The molecule has 0 radical (unpaired) electrons. The molecular formula is C23H16Cl2FN5OS. The van der Waals surface area contributed by atoms with Gasteiger partial charge in [-0.05, 0) is 66.2 Å². The second-order valence-corrected chi connectivity index (χ2v) is 8.58. The Morgan fingerprint density at radius 1 is 1.03 bits per heavy atom. The van der Waals surface area contributed by atoms with Crippen LogP contribution in [0.3, 0.4) is 0 Å². The van der Waals surface area contributed by atoms with Crippen LogP contribution in [0, 0.1) is 5.82 Å². The third-order valence-electron chi connectivity index (χ3n) is 4.40. The van der Waals surface area contributed by atoms with Gasteiger partial charge in [0.1, 0.15) is 5.82 Å². The van der Waals surface area contributed by atoms with Crippen molar-refractivity contribution in [1.29, 1.82) is 0 Å². The molecule has 1 N–H and O–H groups in total. The van der Waals surface area contributed by atoms with Gasteiger partial charge in [0, 0.05) is 21.3 Å². The Bertz CT molecular complexity index is 1290. The van der Waals surface area contributed by atoms with Crippen molar-refractivity contribution in [2.45, 2.75) is 5.16 Å². The normalized spacial score (nSPS) is 11.1. The van der Waals surface area contributed by atoms with E-state index in [2.05, 4.69) is 20.7 Å². The average molecular weight is 500 g/mol. The number of hydrogen-bond acceptors (Lipinski definition) is 5. The molecule has 3 aromatic carbocycles. The van der Waals surface area contributed by atoms with Gasteiger partial charge < -0.3 is 0 Å². The Balaban J connectivity index is 1.51. The fraction of sp³-hybridized carbons (Fsp3) is 0.0435. The SMILES string of the molecule is O=C(CSc1nnc(-c2ccc(Cl)cc2)n1-c1ccc(Cl)cc1)N/N=C\c1cccc(F)c1. The second-order valence-electron chi connectivity index (χ2n) is 6.76. The van der Waals surface area contributed by atoms with Gasteiger partial charge in [0.2, 0.25) is 0 Å². The Hall–Kier alpha value is -3.20. The van der Waals surface area contributed by atoms with Crippen LogP contribution in [0.25, 0.3) is 17.1 Å². The van der Waals surface area contributed by atoms with Gasteiger partial charge in [0.25, 0.3) is 5.91 Å². The number of amides is 1. The van der Waals surface area contributed by atoms with E-state index in [4.69, 9.17) is 23.2 Å². The van der Waals surface area contributed by atoms with E-state index < -0.39 is 0 Å². The summed E-state index contributed by atoms with van der Waals surface area (Å²) in [6.07, 6.45) is 1.38. The lowest BCUT2D eigenvalue weighted by Crippen LogP contribution is -2.20. The van der Waals surface area contributed by atoms with E-state index >= 15 is 0 Å². The number of nitrogens with one attached hydrogen (secondary N) is 1. The van der Waals surface area contributed by atoms with Crippen molar-refractivity contribution in [3.8, 4) is 17.1 Å². The molecule has 10 heteroatoms. The van der Waals surface area contributed by atoms with E-state index in [0.29, 0.717) is 26.6 Å². The van der Waals surface area contributed by atoms with Crippen LogP contribution in [0.2, 0.25) is 10.0 Å². The van der Waals surface area contributed by atoms with Crippen LogP contribution >= 0.6 is 35.0 Å². The Morgan fingerprint density at radius 3 is 2.42 bits per heavy atom. The lowest BCUT2D eigenvalue weighted by atomic mass is 10.2. The summed E-state index contributed by atoms with van der Waals surface area (Å²) in [6, 6.07) is 20.4. The maximum absolute atomic E-state index is 13.2. The molecule has 1 aromatic heterocycles. The van der Waals surface area contributed by atoms with Gasteiger partial charge in [0.05, 0.1) is 12.0 Å². The van der Waals surface area contributed by atoms with Crippen molar-refractivity contribution < 1.29 is 9.18 Å². The predicted molar refractivity (Wildman–Crippen MR) is 130 cm³/mol. The highest BCUT2D eigenvalue weighted by Crippen LogP contribution is 2.29. The molecule has 4 rings (SSSR count). The van der Waals surface area contributed by atoms with E-state index in [0.717, 1.165) is 11.3 Å². The molecule has 33 heavy (non-hydrogen) atoms. The molecule has 4 aromatic rings. The van der Waals surface area contributed by atoms with Gasteiger partial charge in [-0.1, -0.05) is 47.1 Å². The third-order valence-corrected chi connectivity index (χ3v) is 5.84. The number of halogens is 3. The molecule has 0 aliphatic rings. The van der Waals surface area contributed by atoms with Crippen LogP contribution in [0.4, 0.5) is 4.39 Å². The molecule has 0 bridgehead atoms. The summed E-state index contributed by atoms with van der Waals surface area (Å²) in [7, 11) is 0. The molecule has 1 heterocycles. The lowest BCUT2D eigenvalue weighted by molar-refractivity contribution is -0.118. The van der Waals surface area contributed by atoms with Crippen molar-refractivity contribution in [1.82, 2.24) is 20.2 Å². The van der Waals surface area contributed by atoms with E-state index in [-0.39, 0.29) is 17.5 Å². The summed E-state index contributed by atoms with van der Waals surface area (Å²) in [5.74, 6) is -0.0708. The molecule has 0 fully saturated rings. The molecule has 0 spiro atoms. The fourth-order valence-corrected chi connectivity index (χ4v) is 3.90. The quantitative estimate of drug-likeness (QED) is 0.203. The van der Waals surface area contributed by atoms with E-state index in [1.54, 1.807) is 36.4 Å². The highest BCUT2D eigenvalue weighted by Gasteiger charge is 2.17. The zero-order valence-electron chi connectivity index (χ0n) is 17.0. The molecule has 0 aliphatic heterocycles. The molecular weight excluding hydrogens is 484 g/mol. The van der Waals surface area contributed by atoms with Gasteiger partial charge in [-0.15, -0.1) is 10.2 Å². The van der Waals surface area contributed by atoms with E-state index in [1.165, 1.54) is 30.1 Å². The number of hydrogen-bond donors (Lipinski definition) is 1. The minimum Gasteiger partial charge on any atom is -0.272 e. The monoisotopic (exact) mass is 499 g/mol. The summed E-state index contributed by atoms with van der Waals surface area (Å²) < 4.78 is 15.1. The van der Waals surface area contributed by atoms with Crippen LogP contribution in [0.5, 0.6) is 0 Å². The summed E-state index contributed by atoms with van der Waals surface area (Å²) in [5.41, 5.74) is 4.58. The second kappa shape index (κ2) is 10.6. The van der Waals surface area contributed by atoms with Gasteiger partial charge in [-0.25, -0.2) is 9.82 Å². The largest absolute Gasteiger partial charge is 0.272 e. The zero-order valence-corrected chi connectivity index (χ0v) is 19.3. The highest BCUT2D eigenvalue weighted by molar-refractivity contribution is 7.99. The Morgan fingerprint density at radius 2 is 1.73 bits per heavy atom. The van der Waals surface area contributed by atoms with Crippen molar-refractivity contribution in [2.75, 3.05) is 5.75 Å². The first kappa shape index (κ1) is 23.0. The Labute approximate surface area is 203 Å². The molecule has 0 saturated heterocycles. The summed E-state index contributed by atoms with van der Waals surface area (Å²) in [6.45, 7) is 0. The third kappa shape index (κ3) is 5.98. The topological polar surface area (TPSA) is 72.2 Å². The predicted octanol–water partition coefficient (Wildman–Crippen LogP) is 5.62. The minimum atomic E-state index is -0.376. The molecule has 166 valence electrons. The number of hydrazone groups is 1. The van der Waals surface area contributed by atoms with Gasteiger partial charge in [-0.3, -0.25) is 9.36 Å². The number of nitrogens with zero attached hydrogens (tertiary/aromatic N) is 4. The van der Waals surface area contributed by atoms with Crippen molar-refractivity contribution in [3.05, 3.63) is 94.2 Å². The molecule has 0 unspecified atom stereocenters. The van der Waals surface area contributed by atoms with Crippen LogP contribution < -0.4 is 5.43 Å². The molecule has 0 saturated carbocycles. The van der Waals surface area contributed by atoms with Crippen LogP contribution in [0.1, 0.15) is 5.56 Å². The molecule has 1 amide bonds. The van der Waals surface area contributed by atoms with Crippen LogP contribution in [-0.4, -0.2) is 32.6 Å². The maximum atomic E-state index is 13.2. The smallest absolute Gasteiger partial charge is 0.250 e. The average Bonchev–Trinajstić information content (AvgIpc) is 3.23. The van der Waals surface area contributed by atoms with Crippen molar-refractivity contribution >= 4 is 47.1 Å². The lowest BCUT2D eigenvalue weighted by Gasteiger charge is -2.10. The van der Waals surface area contributed by atoms with Crippen LogP contribution in [0.15, 0.2) is 83.1 Å². The van der Waals surface area contributed by atoms with E-state index in [9.17, 15) is 9.18 Å². The van der Waals surface area contributed by atoms with Crippen molar-refractivity contribution in [3.63, 3.8) is 0 Å². The highest BCUT2D eigenvalue weighted by atomic mass is 35.5. The maximum Gasteiger partial charge on any atom is 0.250 e. The fourth-order valence-electron chi connectivity index (χ4n) is 2.90. The summed E-state index contributed by atoms with van der Waals surface area (Å²) in [5, 5.41) is 14.2. The molecule has 6 nitrogen and oxygen atoms in total. The zero-order chi connectivity index (χ0) is 23.2.